The van der Waals surface area contributed by atoms with Crippen molar-refractivity contribution < 1.29 is 10.2 Å². The number of hydrogen-bond acceptors (Lipinski definition) is 6. The van der Waals surface area contributed by atoms with Gasteiger partial charge in [0.1, 0.15) is 22.7 Å². The van der Waals surface area contributed by atoms with Gasteiger partial charge in [-0.05, 0) is 36.2 Å². The van der Waals surface area contributed by atoms with Gasteiger partial charge < -0.3 is 15.5 Å². The van der Waals surface area contributed by atoms with Crippen LogP contribution in [0.5, 0.6) is 5.75 Å². The number of fused-ring (bicyclic) bond motifs is 1. The number of hydrogen-bond donors (Lipinski definition) is 3. The molecule has 0 radical (unpaired) electrons. The van der Waals surface area contributed by atoms with E-state index in [1.807, 2.05) is 25.1 Å². The molecule has 2 atom stereocenters. The lowest BCUT2D eigenvalue weighted by Crippen LogP contribution is -2.24. The quantitative estimate of drug-likeness (QED) is 0.474. The maximum atomic E-state index is 10.6. The monoisotopic (exact) mass is 377 g/mol. The molecule has 2 heterocycles. The van der Waals surface area contributed by atoms with Gasteiger partial charge in [-0.2, -0.15) is 0 Å². The first-order chi connectivity index (χ1) is 13.1. The van der Waals surface area contributed by atoms with Crippen molar-refractivity contribution in [1.29, 1.82) is 0 Å². The predicted octanol–water partition coefficient (Wildman–Crippen LogP) is 4.60. The molecule has 0 aliphatic rings. The fraction of sp³-hybridized carbons (Fsp3) is 0.143. The van der Waals surface area contributed by atoms with Crippen LogP contribution in [-0.2, 0) is 0 Å². The van der Waals surface area contributed by atoms with Crippen molar-refractivity contribution in [3.63, 3.8) is 0 Å². The minimum atomic E-state index is -0.733. The smallest absolute Gasteiger partial charge is 0.138 e. The van der Waals surface area contributed by atoms with Crippen molar-refractivity contribution in [3.05, 3.63) is 72.6 Å². The molecule has 0 bridgehead atoms. The van der Waals surface area contributed by atoms with E-state index in [-0.39, 0.29) is 11.8 Å². The number of rotatable bonds is 5. The minimum Gasteiger partial charge on any atom is -0.508 e. The standard InChI is InChI=1S/C21H19N3O2S/c1-13(19(26)15-7-9-16(25)10-8-15)24-20-17-11-18(14-5-3-2-4-6-14)27-21(17)23-12-22-20/h2-13,19,25-26H,1H3,(H,22,23,24)/t13-,19+/m1/s1. The second kappa shape index (κ2) is 7.34. The number of phenolic OH excluding ortho intramolecular Hbond substituents is 1. The number of aliphatic hydroxyl groups excluding tert-OH is 1. The lowest BCUT2D eigenvalue weighted by molar-refractivity contribution is 0.160. The van der Waals surface area contributed by atoms with Gasteiger partial charge in [0, 0.05) is 4.88 Å². The Morgan fingerprint density at radius 2 is 1.74 bits per heavy atom. The molecule has 4 aromatic rings. The van der Waals surface area contributed by atoms with Crippen LogP contribution in [0.2, 0.25) is 0 Å². The van der Waals surface area contributed by atoms with Crippen LogP contribution in [0, 0.1) is 0 Å². The third-order valence-corrected chi connectivity index (χ3v) is 5.55. The Morgan fingerprint density at radius 3 is 2.48 bits per heavy atom. The number of nitrogens with zero attached hydrogens (tertiary/aromatic N) is 2. The summed E-state index contributed by atoms with van der Waals surface area (Å²) >= 11 is 1.62. The molecule has 2 aromatic heterocycles. The van der Waals surface area contributed by atoms with Gasteiger partial charge in [-0.1, -0.05) is 42.5 Å². The molecular weight excluding hydrogens is 358 g/mol. The summed E-state index contributed by atoms with van der Waals surface area (Å²) in [6, 6.07) is 18.5. The number of phenols is 1. The zero-order valence-corrected chi connectivity index (χ0v) is 15.5. The molecule has 0 saturated heterocycles. The number of thiophene rings is 1. The fourth-order valence-electron chi connectivity index (χ4n) is 2.97. The number of aromatic nitrogens is 2. The van der Waals surface area contributed by atoms with Crippen LogP contribution in [0.1, 0.15) is 18.6 Å². The number of aromatic hydroxyl groups is 1. The van der Waals surface area contributed by atoms with Crippen LogP contribution in [-0.4, -0.2) is 26.2 Å². The molecule has 3 N–H and O–H groups in total. The molecule has 136 valence electrons. The van der Waals surface area contributed by atoms with Gasteiger partial charge in [0.25, 0.3) is 0 Å². The maximum Gasteiger partial charge on any atom is 0.138 e. The molecule has 4 rings (SSSR count). The molecular formula is C21H19N3O2S. The van der Waals surface area contributed by atoms with Crippen molar-refractivity contribution in [2.24, 2.45) is 0 Å². The highest BCUT2D eigenvalue weighted by molar-refractivity contribution is 7.21. The Morgan fingerprint density at radius 1 is 1.00 bits per heavy atom. The van der Waals surface area contributed by atoms with Crippen molar-refractivity contribution in [3.8, 4) is 16.2 Å². The van der Waals surface area contributed by atoms with Crippen molar-refractivity contribution in [2.45, 2.75) is 19.1 Å². The Balaban J connectivity index is 1.61. The fourth-order valence-corrected chi connectivity index (χ4v) is 3.97. The molecule has 27 heavy (non-hydrogen) atoms. The molecule has 0 aliphatic heterocycles. The third-order valence-electron chi connectivity index (χ3n) is 4.46. The van der Waals surface area contributed by atoms with Crippen LogP contribution in [0.3, 0.4) is 0 Å². The third kappa shape index (κ3) is 3.63. The van der Waals surface area contributed by atoms with Crippen molar-refractivity contribution >= 4 is 27.4 Å². The van der Waals surface area contributed by atoms with Gasteiger partial charge in [-0.25, -0.2) is 9.97 Å². The molecule has 2 aromatic carbocycles. The summed E-state index contributed by atoms with van der Waals surface area (Å²) in [7, 11) is 0. The Kier molecular flexibility index (Phi) is 4.75. The van der Waals surface area contributed by atoms with E-state index in [9.17, 15) is 10.2 Å². The summed E-state index contributed by atoms with van der Waals surface area (Å²) in [4.78, 5) is 10.8. The molecule has 6 heteroatoms. The first-order valence-electron chi connectivity index (χ1n) is 8.65. The summed E-state index contributed by atoms with van der Waals surface area (Å²) in [5.41, 5.74) is 1.87. The van der Waals surface area contributed by atoms with Crippen LogP contribution >= 0.6 is 11.3 Å². The summed E-state index contributed by atoms with van der Waals surface area (Å²) in [5, 5.41) is 24.3. The molecule has 0 aliphatic carbocycles. The van der Waals surface area contributed by atoms with Gasteiger partial charge in [-0.3, -0.25) is 0 Å². The van der Waals surface area contributed by atoms with Crippen LogP contribution in [0.15, 0.2) is 67.0 Å². The van der Waals surface area contributed by atoms with Gasteiger partial charge in [0.05, 0.1) is 17.5 Å². The van der Waals surface area contributed by atoms with E-state index in [1.54, 1.807) is 35.6 Å². The number of nitrogens with one attached hydrogen (secondary N) is 1. The molecule has 0 amide bonds. The van der Waals surface area contributed by atoms with E-state index in [4.69, 9.17) is 0 Å². The van der Waals surface area contributed by atoms with Crippen molar-refractivity contribution in [2.75, 3.05) is 5.32 Å². The summed E-state index contributed by atoms with van der Waals surface area (Å²) < 4.78 is 0. The van der Waals surface area contributed by atoms with Crippen LogP contribution in [0.25, 0.3) is 20.7 Å². The highest BCUT2D eigenvalue weighted by atomic mass is 32.1. The van der Waals surface area contributed by atoms with Gasteiger partial charge >= 0.3 is 0 Å². The van der Waals surface area contributed by atoms with E-state index in [1.165, 1.54) is 6.33 Å². The maximum absolute atomic E-state index is 10.6. The Hall–Kier alpha value is -2.96. The highest BCUT2D eigenvalue weighted by Gasteiger charge is 2.19. The normalized spacial score (nSPS) is 13.4. The lowest BCUT2D eigenvalue weighted by Gasteiger charge is -2.21. The highest BCUT2D eigenvalue weighted by Crippen LogP contribution is 2.35. The van der Waals surface area contributed by atoms with Crippen molar-refractivity contribution in [1.82, 2.24) is 9.97 Å². The average Bonchev–Trinajstić information content (AvgIpc) is 3.14. The lowest BCUT2D eigenvalue weighted by atomic mass is 10.0. The number of anilines is 1. The Labute approximate surface area is 161 Å². The molecule has 5 nitrogen and oxygen atoms in total. The summed E-state index contributed by atoms with van der Waals surface area (Å²) in [6.07, 6.45) is 0.804. The van der Waals surface area contributed by atoms with E-state index in [0.29, 0.717) is 5.82 Å². The first kappa shape index (κ1) is 17.5. The van der Waals surface area contributed by atoms with Gasteiger partial charge in [0.15, 0.2) is 0 Å². The average molecular weight is 377 g/mol. The first-order valence-corrected chi connectivity index (χ1v) is 9.47. The SMILES string of the molecule is C[C@@H](Nc1ncnc2sc(-c3ccccc3)cc12)[C@H](O)c1ccc(O)cc1. The number of aliphatic hydroxyl groups is 1. The van der Waals surface area contributed by atoms with Gasteiger partial charge in [-0.15, -0.1) is 11.3 Å². The molecule has 0 saturated carbocycles. The zero-order valence-electron chi connectivity index (χ0n) is 14.7. The molecule has 0 spiro atoms. The Bertz CT molecular complexity index is 1050. The largest absolute Gasteiger partial charge is 0.508 e. The minimum absolute atomic E-state index is 0.177. The number of benzene rings is 2. The topological polar surface area (TPSA) is 78.3 Å². The van der Waals surface area contributed by atoms with Crippen LogP contribution < -0.4 is 5.32 Å². The predicted molar refractivity (Wildman–Crippen MR) is 109 cm³/mol. The summed E-state index contributed by atoms with van der Waals surface area (Å²) in [5.74, 6) is 0.875. The zero-order chi connectivity index (χ0) is 18.8. The van der Waals surface area contributed by atoms with E-state index >= 15 is 0 Å². The van der Waals surface area contributed by atoms with E-state index in [0.717, 1.165) is 26.2 Å². The summed E-state index contributed by atoms with van der Waals surface area (Å²) in [6.45, 7) is 1.90. The molecule has 0 unspecified atom stereocenters. The second-order valence-electron chi connectivity index (χ2n) is 6.39. The van der Waals surface area contributed by atoms with Gasteiger partial charge in [0.2, 0.25) is 0 Å². The van der Waals surface area contributed by atoms with E-state index < -0.39 is 6.10 Å². The second-order valence-corrected chi connectivity index (χ2v) is 7.42. The van der Waals surface area contributed by atoms with Crippen LogP contribution in [0.4, 0.5) is 5.82 Å². The molecule has 0 fully saturated rings. The van der Waals surface area contributed by atoms with E-state index in [2.05, 4.69) is 33.5 Å².